The van der Waals surface area contributed by atoms with Gasteiger partial charge >= 0.3 is 0 Å². The van der Waals surface area contributed by atoms with E-state index in [4.69, 9.17) is 0 Å². The second kappa shape index (κ2) is 7.63. The predicted molar refractivity (Wildman–Crippen MR) is 104 cm³/mol. The molecule has 3 rings (SSSR count). The van der Waals surface area contributed by atoms with Crippen molar-refractivity contribution in [1.82, 2.24) is 0 Å². The van der Waals surface area contributed by atoms with Crippen LogP contribution < -0.4 is 10.6 Å². The third kappa shape index (κ3) is 3.86. The zero-order chi connectivity index (χ0) is 16.2. The maximum atomic E-state index is 2.45. The molecule has 0 bridgehead atoms. The monoisotopic (exact) mass is 324 g/mol. The van der Waals surface area contributed by atoms with Crippen LogP contribution >= 0.6 is 7.92 Å². The van der Waals surface area contributed by atoms with E-state index in [1.54, 1.807) is 10.6 Å². The Kier molecular flexibility index (Phi) is 5.54. The number of rotatable bonds is 4. The Morgan fingerprint density at radius 2 is 1.35 bits per heavy atom. The maximum Gasteiger partial charge on any atom is -0.00955 e. The van der Waals surface area contributed by atoms with Crippen LogP contribution in [0.15, 0.2) is 60.7 Å². The van der Waals surface area contributed by atoms with E-state index in [-0.39, 0.29) is 7.92 Å². The van der Waals surface area contributed by atoms with Gasteiger partial charge in [-0.15, -0.1) is 0 Å². The lowest BCUT2D eigenvalue weighted by molar-refractivity contribution is 0.242. The molecule has 2 aromatic rings. The molecule has 1 heteroatoms. The summed E-state index contributed by atoms with van der Waals surface area (Å²) in [6.45, 7) is 7.31. The summed E-state index contributed by atoms with van der Waals surface area (Å²) in [4.78, 5) is 0. The quantitative estimate of drug-likeness (QED) is 0.644. The molecule has 122 valence electrons. The fourth-order valence-electron chi connectivity index (χ4n) is 4.16. The van der Waals surface area contributed by atoms with E-state index in [0.29, 0.717) is 0 Å². The van der Waals surface area contributed by atoms with Crippen molar-refractivity contribution in [1.29, 1.82) is 0 Å². The van der Waals surface area contributed by atoms with Crippen LogP contribution in [0.3, 0.4) is 0 Å². The Bertz CT molecular complexity index is 550. The zero-order valence-electron chi connectivity index (χ0n) is 14.7. The predicted octanol–water partition coefficient (Wildman–Crippen LogP) is 5.58. The topological polar surface area (TPSA) is 0 Å². The molecule has 0 aliphatic heterocycles. The Morgan fingerprint density at radius 3 is 1.83 bits per heavy atom. The van der Waals surface area contributed by atoms with Gasteiger partial charge in [-0.2, -0.15) is 0 Å². The SMILES string of the molecule is CC(C)[C@H]1CC[C@H](C)CC1P(c1ccccc1)c1ccccc1. The molecule has 0 aromatic heterocycles. The van der Waals surface area contributed by atoms with Gasteiger partial charge in [0.05, 0.1) is 0 Å². The molecular formula is C22H29P. The maximum absolute atomic E-state index is 2.45. The number of hydrogen-bond acceptors (Lipinski definition) is 0. The molecule has 1 unspecified atom stereocenters. The van der Waals surface area contributed by atoms with Crippen LogP contribution in [0.5, 0.6) is 0 Å². The van der Waals surface area contributed by atoms with E-state index in [1.807, 2.05) is 0 Å². The molecule has 0 saturated heterocycles. The highest BCUT2D eigenvalue weighted by molar-refractivity contribution is 7.73. The Labute approximate surface area is 143 Å². The number of hydrogen-bond donors (Lipinski definition) is 0. The van der Waals surface area contributed by atoms with Crippen molar-refractivity contribution in [3.63, 3.8) is 0 Å². The summed E-state index contributed by atoms with van der Waals surface area (Å²) in [5, 5.41) is 3.11. The Hall–Kier alpha value is -1.13. The van der Waals surface area contributed by atoms with Crippen molar-refractivity contribution in [2.75, 3.05) is 0 Å². The third-order valence-corrected chi connectivity index (χ3v) is 8.35. The van der Waals surface area contributed by atoms with Gasteiger partial charge < -0.3 is 0 Å². The lowest BCUT2D eigenvalue weighted by atomic mass is 9.77. The van der Waals surface area contributed by atoms with Crippen LogP contribution in [0.2, 0.25) is 0 Å². The second-order valence-electron chi connectivity index (χ2n) is 7.43. The zero-order valence-corrected chi connectivity index (χ0v) is 15.5. The molecule has 0 spiro atoms. The van der Waals surface area contributed by atoms with Crippen LogP contribution in [-0.2, 0) is 0 Å². The largest absolute Gasteiger partial charge is 0.0625 e. The van der Waals surface area contributed by atoms with Gasteiger partial charge in [0.15, 0.2) is 0 Å². The first-order valence-corrected chi connectivity index (χ1v) is 10.5. The summed E-state index contributed by atoms with van der Waals surface area (Å²) >= 11 is 0. The van der Waals surface area contributed by atoms with Gasteiger partial charge in [-0.05, 0) is 54.8 Å². The van der Waals surface area contributed by atoms with Gasteiger partial charge in [0.25, 0.3) is 0 Å². The van der Waals surface area contributed by atoms with E-state index >= 15 is 0 Å². The summed E-state index contributed by atoms with van der Waals surface area (Å²) in [5.41, 5.74) is 0.818. The van der Waals surface area contributed by atoms with Crippen molar-refractivity contribution in [2.24, 2.45) is 17.8 Å². The first-order chi connectivity index (χ1) is 11.2. The van der Waals surface area contributed by atoms with Gasteiger partial charge in [-0.1, -0.05) is 87.9 Å². The molecule has 1 aliphatic rings. The summed E-state index contributed by atoms with van der Waals surface area (Å²) in [6, 6.07) is 22.6. The minimum absolute atomic E-state index is 0.267. The summed E-state index contributed by atoms with van der Waals surface area (Å²) in [7, 11) is -0.267. The average Bonchev–Trinajstić information content (AvgIpc) is 2.57. The fraction of sp³-hybridized carbons (Fsp3) is 0.455. The highest BCUT2D eigenvalue weighted by atomic mass is 31.1. The van der Waals surface area contributed by atoms with Crippen molar-refractivity contribution in [2.45, 2.75) is 45.7 Å². The van der Waals surface area contributed by atoms with E-state index < -0.39 is 0 Å². The van der Waals surface area contributed by atoms with Gasteiger partial charge in [-0.25, -0.2) is 0 Å². The minimum atomic E-state index is -0.267. The normalized spacial score (nSPS) is 25.0. The minimum Gasteiger partial charge on any atom is -0.0625 e. The van der Waals surface area contributed by atoms with Gasteiger partial charge in [0.2, 0.25) is 0 Å². The van der Waals surface area contributed by atoms with E-state index in [9.17, 15) is 0 Å². The van der Waals surface area contributed by atoms with E-state index in [2.05, 4.69) is 81.4 Å². The van der Waals surface area contributed by atoms with Gasteiger partial charge in [0.1, 0.15) is 0 Å². The lowest BCUT2D eigenvalue weighted by Crippen LogP contribution is -2.35. The summed E-state index contributed by atoms with van der Waals surface area (Å²) in [6.07, 6.45) is 4.20. The third-order valence-electron chi connectivity index (χ3n) is 5.39. The summed E-state index contributed by atoms with van der Waals surface area (Å²) in [5.74, 6) is 2.51. The highest BCUT2D eigenvalue weighted by Crippen LogP contribution is 2.51. The molecule has 0 N–H and O–H groups in total. The van der Waals surface area contributed by atoms with Crippen molar-refractivity contribution in [3.05, 3.63) is 60.7 Å². The lowest BCUT2D eigenvalue weighted by Gasteiger charge is -2.42. The van der Waals surface area contributed by atoms with Crippen LogP contribution in [0.1, 0.15) is 40.0 Å². The molecular weight excluding hydrogens is 295 g/mol. The van der Waals surface area contributed by atoms with Crippen molar-refractivity contribution in [3.8, 4) is 0 Å². The van der Waals surface area contributed by atoms with Crippen LogP contribution in [0.4, 0.5) is 0 Å². The van der Waals surface area contributed by atoms with Crippen LogP contribution in [-0.4, -0.2) is 5.66 Å². The van der Waals surface area contributed by atoms with Crippen molar-refractivity contribution < 1.29 is 0 Å². The molecule has 0 heterocycles. The van der Waals surface area contributed by atoms with E-state index in [0.717, 1.165) is 23.4 Å². The second-order valence-corrected chi connectivity index (χ2v) is 9.87. The van der Waals surface area contributed by atoms with E-state index in [1.165, 1.54) is 19.3 Å². The summed E-state index contributed by atoms with van der Waals surface area (Å²) < 4.78 is 0. The molecule has 3 atom stereocenters. The average molecular weight is 324 g/mol. The first kappa shape index (κ1) is 16.7. The molecule has 2 aromatic carbocycles. The highest BCUT2D eigenvalue weighted by Gasteiger charge is 2.37. The van der Waals surface area contributed by atoms with Crippen LogP contribution in [0, 0.1) is 17.8 Å². The molecule has 23 heavy (non-hydrogen) atoms. The Morgan fingerprint density at radius 1 is 0.826 bits per heavy atom. The molecule has 0 amide bonds. The molecule has 1 saturated carbocycles. The first-order valence-electron chi connectivity index (χ1n) is 9.06. The smallest absolute Gasteiger partial charge is 0.00955 e. The Balaban J connectivity index is 2.03. The van der Waals surface area contributed by atoms with Crippen LogP contribution in [0.25, 0.3) is 0 Å². The molecule has 0 nitrogen and oxygen atoms in total. The number of benzene rings is 2. The molecule has 0 radical (unpaired) electrons. The van der Waals surface area contributed by atoms with Crippen molar-refractivity contribution >= 4 is 18.5 Å². The van der Waals surface area contributed by atoms with Gasteiger partial charge in [0, 0.05) is 0 Å². The molecule has 1 fully saturated rings. The standard InChI is InChI=1S/C22H29P/c1-17(2)21-15-14-18(3)16-22(21)23(19-10-6-4-7-11-19)20-12-8-5-9-13-20/h4-13,17-18,21-22H,14-16H2,1-3H3/t18-,21+,22?/m0/s1. The molecule has 1 aliphatic carbocycles. The van der Waals surface area contributed by atoms with Gasteiger partial charge in [-0.3, -0.25) is 0 Å². The fourth-order valence-corrected chi connectivity index (χ4v) is 7.66.